The fraction of sp³-hybridized carbons (Fsp3) is 1.00. The highest BCUT2D eigenvalue weighted by Crippen LogP contribution is 2.32. The maximum atomic E-state index is 10.7. The van der Waals surface area contributed by atoms with Crippen LogP contribution in [0.5, 0.6) is 0 Å². The molecule has 208 valence electrons. The first-order valence-corrected chi connectivity index (χ1v) is 11.0. The topological polar surface area (TPSA) is 297 Å². The van der Waals surface area contributed by atoms with Gasteiger partial charge in [0, 0.05) is 4.91 Å². The van der Waals surface area contributed by atoms with Gasteiger partial charge in [0.25, 0.3) is 0 Å². The van der Waals surface area contributed by atoms with Crippen molar-refractivity contribution < 1.29 is 74.7 Å². The highest BCUT2D eigenvalue weighted by molar-refractivity contribution is 4.97. The van der Waals surface area contributed by atoms with Crippen molar-refractivity contribution >= 4 is 0 Å². The van der Waals surface area contributed by atoms with Gasteiger partial charge in [-0.25, -0.2) is 0 Å². The molecule has 3 saturated heterocycles. The summed E-state index contributed by atoms with van der Waals surface area (Å²) in [4.78, 5) is 2.47. The molecule has 1 unspecified atom stereocenters. The van der Waals surface area contributed by atoms with Gasteiger partial charge in [0.05, 0.1) is 19.8 Å². The van der Waals surface area contributed by atoms with Gasteiger partial charge in [-0.05, 0) is 5.53 Å². The predicted molar refractivity (Wildman–Crippen MR) is 108 cm³/mol. The van der Waals surface area contributed by atoms with Crippen molar-refractivity contribution in [2.75, 3.05) is 19.8 Å². The average Bonchev–Trinajstić information content (AvgIpc) is 2.87. The highest BCUT2D eigenvalue weighted by atomic mass is 16.7. The Morgan fingerprint density at radius 1 is 0.583 bits per heavy atom. The third-order valence-corrected chi connectivity index (χ3v) is 6.26. The Balaban J connectivity index is 1.72. The molecular weight excluding hydrogens is 498 g/mol. The molecule has 18 nitrogen and oxygen atoms in total. The van der Waals surface area contributed by atoms with E-state index in [1.165, 1.54) is 0 Å². The predicted octanol–water partition coefficient (Wildman–Crippen LogP) is -6.25. The van der Waals surface area contributed by atoms with Crippen molar-refractivity contribution in [3.05, 3.63) is 10.4 Å². The number of hydrogen-bond acceptors (Lipinski definition) is 16. The lowest BCUT2D eigenvalue weighted by Crippen LogP contribution is -2.66. The number of ether oxygens (including phenoxy) is 5. The molecule has 3 aliphatic heterocycles. The first-order chi connectivity index (χ1) is 17.1. The summed E-state index contributed by atoms with van der Waals surface area (Å²) in [7, 11) is 0. The smallest absolute Gasteiger partial charge is 0.187 e. The molecule has 0 saturated carbocycles. The molecule has 18 heteroatoms. The summed E-state index contributed by atoms with van der Waals surface area (Å²) in [5.41, 5.74) is 8.56. The fourth-order valence-electron chi connectivity index (χ4n) is 4.20. The van der Waals surface area contributed by atoms with Crippen molar-refractivity contribution in [3.63, 3.8) is 0 Å². The van der Waals surface area contributed by atoms with E-state index in [1.807, 2.05) is 0 Å². The van der Waals surface area contributed by atoms with Crippen molar-refractivity contribution in [1.29, 1.82) is 0 Å². The molecule has 15 atom stereocenters. The number of rotatable bonds is 8. The molecule has 3 rings (SSSR count). The zero-order valence-corrected chi connectivity index (χ0v) is 18.6. The quantitative estimate of drug-likeness (QED) is 0.0794. The molecule has 0 spiro atoms. The molecule has 0 aromatic rings. The normalized spacial score (nSPS) is 49.9. The molecular formula is C18H31N3O15. The Kier molecular flexibility index (Phi) is 10.2. The largest absolute Gasteiger partial charge is 0.394 e. The van der Waals surface area contributed by atoms with Crippen LogP contribution in [0.4, 0.5) is 0 Å². The fourth-order valence-corrected chi connectivity index (χ4v) is 4.20. The van der Waals surface area contributed by atoms with Crippen LogP contribution in [0.2, 0.25) is 0 Å². The second kappa shape index (κ2) is 12.5. The first-order valence-electron chi connectivity index (χ1n) is 11.0. The Hall–Kier alpha value is -1.29. The third-order valence-electron chi connectivity index (χ3n) is 6.26. The molecule has 0 aromatic heterocycles. The summed E-state index contributed by atoms with van der Waals surface area (Å²) in [6, 6.07) is 0. The van der Waals surface area contributed by atoms with Gasteiger partial charge in [-0.15, -0.1) is 0 Å². The molecule has 0 bridgehead atoms. The summed E-state index contributed by atoms with van der Waals surface area (Å²) in [5, 5.41) is 104. The molecule has 0 aliphatic carbocycles. The van der Waals surface area contributed by atoms with Gasteiger partial charge in [0.1, 0.15) is 73.2 Å². The minimum absolute atomic E-state index is 0.749. The lowest BCUT2D eigenvalue weighted by Gasteiger charge is -2.47. The van der Waals surface area contributed by atoms with Gasteiger partial charge in [-0.3, -0.25) is 0 Å². The van der Waals surface area contributed by atoms with Gasteiger partial charge in [-0.1, -0.05) is 5.11 Å². The van der Waals surface area contributed by atoms with Crippen molar-refractivity contribution in [3.8, 4) is 0 Å². The van der Waals surface area contributed by atoms with Crippen LogP contribution in [0.15, 0.2) is 5.11 Å². The van der Waals surface area contributed by atoms with E-state index in [-0.39, 0.29) is 0 Å². The van der Waals surface area contributed by atoms with Crippen LogP contribution in [0.25, 0.3) is 10.4 Å². The molecule has 36 heavy (non-hydrogen) atoms. The van der Waals surface area contributed by atoms with E-state index in [9.17, 15) is 51.1 Å². The molecule has 10 N–H and O–H groups in total. The van der Waals surface area contributed by atoms with Gasteiger partial charge in [-0.2, -0.15) is 0 Å². The Morgan fingerprint density at radius 3 is 1.53 bits per heavy atom. The summed E-state index contributed by atoms with van der Waals surface area (Å²) < 4.78 is 26.8. The van der Waals surface area contributed by atoms with Crippen LogP contribution >= 0.6 is 0 Å². The molecule has 3 fully saturated rings. The van der Waals surface area contributed by atoms with Crippen LogP contribution in [0.1, 0.15) is 0 Å². The summed E-state index contributed by atoms with van der Waals surface area (Å²) in [5.74, 6) is 0. The van der Waals surface area contributed by atoms with Crippen LogP contribution in [-0.2, 0) is 23.7 Å². The third kappa shape index (κ3) is 5.74. The number of hydrogen-bond donors (Lipinski definition) is 10. The Labute approximate surface area is 203 Å². The monoisotopic (exact) mass is 529 g/mol. The highest BCUT2D eigenvalue weighted by Gasteiger charge is 2.53. The van der Waals surface area contributed by atoms with Crippen LogP contribution < -0.4 is 0 Å². The number of aliphatic hydroxyl groups is 10. The summed E-state index contributed by atoms with van der Waals surface area (Å²) in [6.45, 7) is -2.36. The molecule has 3 heterocycles. The standard InChI is InChI=1S/C18H31N3O15/c19-21-20-16-11(29)9(27)14(5(2-23)32-16)35-18-13(31)10(28)15(6(3-24)34-18)36-17-12(30)8(26)7(25)4(1-22)33-17/h4-18,22-31H,1-3H2/t4-,5-,6-,7+,8+,9-,10-,11-,12-,13-,14-,15+,16?,17-,18+/m1/s1. The van der Waals surface area contributed by atoms with E-state index in [1.54, 1.807) is 0 Å². The van der Waals surface area contributed by atoms with E-state index < -0.39 is 112 Å². The zero-order valence-electron chi connectivity index (χ0n) is 18.6. The molecule has 0 amide bonds. The SMILES string of the molecule is [N-]=[N+]=NC1O[C@H](CO)[C@@H](O[C@@H]2O[C@H](CO)[C@H](O[C@H]3O[C@H](CO)[C@H](O)[C@H](O)[C@H]3O)[C@H](O)[C@H]2O)[C@H](O)[C@H]1O. The van der Waals surface area contributed by atoms with Crippen LogP contribution in [-0.4, -0.2) is 163 Å². The minimum atomic E-state index is -1.93. The van der Waals surface area contributed by atoms with Gasteiger partial charge < -0.3 is 74.7 Å². The van der Waals surface area contributed by atoms with E-state index in [0.717, 1.165) is 0 Å². The maximum absolute atomic E-state index is 10.7. The zero-order chi connectivity index (χ0) is 26.7. The number of azide groups is 1. The van der Waals surface area contributed by atoms with Gasteiger partial charge in [0.2, 0.25) is 0 Å². The summed E-state index contributed by atoms with van der Waals surface area (Å²) >= 11 is 0. The lowest BCUT2D eigenvalue weighted by molar-refractivity contribution is -0.372. The second-order valence-electron chi connectivity index (χ2n) is 8.54. The van der Waals surface area contributed by atoms with Crippen molar-refractivity contribution in [1.82, 2.24) is 0 Å². The van der Waals surface area contributed by atoms with E-state index >= 15 is 0 Å². The van der Waals surface area contributed by atoms with E-state index in [4.69, 9.17) is 29.2 Å². The first kappa shape index (κ1) is 29.3. The van der Waals surface area contributed by atoms with Crippen LogP contribution in [0.3, 0.4) is 0 Å². The number of nitrogens with zero attached hydrogens (tertiary/aromatic N) is 3. The Morgan fingerprint density at radius 2 is 1.03 bits per heavy atom. The molecule has 3 aliphatic rings. The lowest BCUT2D eigenvalue weighted by atomic mass is 9.96. The molecule has 0 aromatic carbocycles. The Bertz CT molecular complexity index is 755. The summed E-state index contributed by atoms with van der Waals surface area (Å²) in [6.07, 6.45) is -25.0. The average molecular weight is 529 g/mol. The van der Waals surface area contributed by atoms with E-state index in [0.29, 0.717) is 0 Å². The second-order valence-corrected chi connectivity index (χ2v) is 8.54. The van der Waals surface area contributed by atoms with Gasteiger partial charge >= 0.3 is 0 Å². The molecule has 0 radical (unpaired) electrons. The van der Waals surface area contributed by atoms with E-state index in [2.05, 4.69) is 10.0 Å². The van der Waals surface area contributed by atoms with Gasteiger partial charge in [0.15, 0.2) is 18.8 Å². The number of aliphatic hydroxyl groups excluding tert-OH is 10. The minimum Gasteiger partial charge on any atom is -0.394 e. The van der Waals surface area contributed by atoms with Crippen molar-refractivity contribution in [2.45, 2.75) is 92.1 Å². The van der Waals surface area contributed by atoms with Crippen molar-refractivity contribution in [2.24, 2.45) is 5.11 Å². The van der Waals surface area contributed by atoms with Crippen LogP contribution in [0, 0.1) is 0 Å². The maximum Gasteiger partial charge on any atom is 0.187 e.